The number of hydrogen-bond acceptors (Lipinski definition) is 3. The minimum Gasteiger partial charge on any atom is -0.400 e. The fourth-order valence-electron chi connectivity index (χ4n) is 0.348. The molecule has 0 aliphatic carbocycles. The van der Waals surface area contributed by atoms with Crippen LogP contribution < -0.4 is 0 Å². The van der Waals surface area contributed by atoms with E-state index in [1.807, 2.05) is 6.08 Å². The van der Waals surface area contributed by atoms with Crippen LogP contribution in [0.1, 0.15) is 26.2 Å². The third-order valence-electron chi connectivity index (χ3n) is 0.762. The van der Waals surface area contributed by atoms with Gasteiger partial charge in [-0.3, -0.25) is 0 Å². The lowest BCUT2D eigenvalue weighted by atomic mass is 10.3. The van der Waals surface area contributed by atoms with Gasteiger partial charge in [-0.2, -0.15) is 0 Å². The number of aliphatic hydroxyl groups is 3. The number of unbranched alkanes of at least 4 members (excludes halogenated alkanes) is 2. The molecule has 0 aliphatic rings. The van der Waals surface area contributed by atoms with Crippen LogP contribution in [0.4, 0.5) is 0 Å². The van der Waals surface area contributed by atoms with Gasteiger partial charge in [0.15, 0.2) is 0 Å². The zero-order chi connectivity index (χ0) is 10.8. The lowest BCUT2D eigenvalue weighted by molar-refractivity contribution is 0.399. The van der Waals surface area contributed by atoms with Gasteiger partial charge in [0.25, 0.3) is 0 Å². The molecule has 12 heavy (non-hydrogen) atoms. The van der Waals surface area contributed by atoms with E-state index in [0.717, 1.165) is 21.3 Å². The Balaban J connectivity index is -0.0000000453. The van der Waals surface area contributed by atoms with Crippen molar-refractivity contribution < 1.29 is 15.3 Å². The highest BCUT2D eigenvalue weighted by Crippen LogP contribution is 1.91. The van der Waals surface area contributed by atoms with Crippen LogP contribution in [0.2, 0.25) is 0 Å². The maximum absolute atomic E-state index is 7.00. The first-order valence-electron chi connectivity index (χ1n) is 3.87. The molecule has 0 aromatic carbocycles. The van der Waals surface area contributed by atoms with Crippen LogP contribution in [0.5, 0.6) is 0 Å². The van der Waals surface area contributed by atoms with Crippen LogP contribution >= 0.6 is 0 Å². The summed E-state index contributed by atoms with van der Waals surface area (Å²) in [5, 5.41) is 21.0. The Kier molecular flexibility index (Phi) is 141. The molecule has 0 bridgehead atoms. The van der Waals surface area contributed by atoms with Gasteiger partial charge in [0.05, 0.1) is 0 Å². The van der Waals surface area contributed by atoms with Gasteiger partial charge in [-0.15, -0.1) is 6.58 Å². The third kappa shape index (κ3) is 104. The summed E-state index contributed by atoms with van der Waals surface area (Å²) in [4.78, 5) is 0. The lowest BCUT2D eigenvalue weighted by Crippen LogP contribution is -1.61. The van der Waals surface area contributed by atoms with Gasteiger partial charge in [0.2, 0.25) is 0 Å². The Hall–Kier alpha value is -0.380. The van der Waals surface area contributed by atoms with Crippen molar-refractivity contribution in [1.29, 1.82) is 0 Å². The van der Waals surface area contributed by atoms with E-state index in [1.165, 1.54) is 19.3 Å². The zero-order valence-electron chi connectivity index (χ0n) is 8.75. The number of rotatable bonds is 3. The van der Waals surface area contributed by atoms with Crippen LogP contribution in [0.15, 0.2) is 12.7 Å². The summed E-state index contributed by atoms with van der Waals surface area (Å²) in [5.41, 5.74) is 0. The Morgan fingerprint density at radius 2 is 1.33 bits per heavy atom. The van der Waals surface area contributed by atoms with Crippen molar-refractivity contribution in [1.82, 2.24) is 0 Å². The average molecular weight is 180 g/mol. The Labute approximate surface area is 76.4 Å². The topological polar surface area (TPSA) is 60.7 Å². The molecule has 0 aromatic heterocycles. The highest BCUT2D eigenvalue weighted by molar-refractivity contribution is 4.64. The molecule has 0 spiro atoms. The largest absolute Gasteiger partial charge is 0.400 e. The van der Waals surface area contributed by atoms with Gasteiger partial charge in [-0.05, 0) is 6.42 Å². The van der Waals surface area contributed by atoms with Crippen LogP contribution in [-0.4, -0.2) is 36.6 Å². The summed E-state index contributed by atoms with van der Waals surface area (Å²) in [6.45, 7) is 5.78. The van der Waals surface area contributed by atoms with E-state index in [2.05, 4.69) is 13.5 Å². The molecule has 0 aliphatic heterocycles. The first kappa shape index (κ1) is 22.6. The summed E-state index contributed by atoms with van der Waals surface area (Å²) in [6, 6.07) is 0. The quantitative estimate of drug-likeness (QED) is 0.451. The summed E-state index contributed by atoms with van der Waals surface area (Å²) in [5.74, 6) is 0. The molecule has 78 valence electrons. The minimum absolute atomic E-state index is 1.00. The summed E-state index contributed by atoms with van der Waals surface area (Å²) in [7, 11) is 3.00. The van der Waals surface area contributed by atoms with E-state index in [9.17, 15) is 0 Å². The second kappa shape index (κ2) is 75.0. The van der Waals surface area contributed by atoms with E-state index < -0.39 is 0 Å². The summed E-state index contributed by atoms with van der Waals surface area (Å²) in [6.07, 6.45) is 5.72. The van der Waals surface area contributed by atoms with E-state index in [0.29, 0.717) is 0 Å². The standard InChI is InChI=1S/C6H12.3CH4O/c1-3-5-6-4-2;3*1-2/h3H,1,4-6H2,2H3;3*2H,1H3. The van der Waals surface area contributed by atoms with E-state index in [1.54, 1.807) is 0 Å². The highest BCUT2D eigenvalue weighted by atomic mass is 16.2. The van der Waals surface area contributed by atoms with Crippen molar-refractivity contribution in [2.75, 3.05) is 21.3 Å². The average Bonchev–Trinajstić information content (AvgIpc) is 2.24. The third-order valence-corrected chi connectivity index (χ3v) is 0.762. The number of hydrogen-bond donors (Lipinski definition) is 3. The Morgan fingerprint density at radius 3 is 1.42 bits per heavy atom. The van der Waals surface area contributed by atoms with Gasteiger partial charge in [-0.25, -0.2) is 0 Å². The molecule has 0 saturated carbocycles. The molecule has 3 nitrogen and oxygen atoms in total. The summed E-state index contributed by atoms with van der Waals surface area (Å²) < 4.78 is 0. The first-order valence-corrected chi connectivity index (χ1v) is 3.87. The van der Waals surface area contributed by atoms with Crippen molar-refractivity contribution in [3.8, 4) is 0 Å². The van der Waals surface area contributed by atoms with Crippen LogP contribution in [0, 0.1) is 0 Å². The molecule has 0 saturated heterocycles. The van der Waals surface area contributed by atoms with Crippen molar-refractivity contribution in [3.05, 3.63) is 12.7 Å². The molecule has 0 amide bonds. The van der Waals surface area contributed by atoms with Gasteiger partial charge in [0, 0.05) is 21.3 Å². The molecule has 3 heteroatoms. The smallest absolute Gasteiger partial charge is 0.0319 e. The molecule has 0 aromatic rings. The van der Waals surface area contributed by atoms with E-state index in [4.69, 9.17) is 15.3 Å². The monoisotopic (exact) mass is 180 g/mol. The molecule has 0 unspecified atom stereocenters. The fourth-order valence-corrected chi connectivity index (χ4v) is 0.348. The molecule has 3 N–H and O–H groups in total. The van der Waals surface area contributed by atoms with Gasteiger partial charge >= 0.3 is 0 Å². The maximum atomic E-state index is 7.00. The molecule has 0 fully saturated rings. The molecule has 0 radical (unpaired) electrons. The van der Waals surface area contributed by atoms with Gasteiger partial charge in [0.1, 0.15) is 0 Å². The predicted molar refractivity (Wildman–Crippen MR) is 54.2 cm³/mol. The molecule has 0 atom stereocenters. The van der Waals surface area contributed by atoms with Crippen LogP contribution in [-0.2, 0) is 0 Å². The molecule has 0 rings (SSSR count). The van der Waals surface area contributed by atoms with Gasteiger partial charge < -0.3 is 15.3 Å². The molecular weight excluding hydrogens is 156 g/mol. The normalized spacial score (nSPS) is 5.58. The molecular formula is C9H24O3. The minimum atomic E-state index is 1.00. The van der Waals surface area contributed by atoms with Crippen molar-refractivity contribution in [3.63, 3.8) is 0 Å². The number of allylic oxidation sites excluding steroid dienone is 1. The number of aliphatic hydroxyl groups excluding tert-OH is 3. The van der Waals surface area contributed by atoms with Crippen molar-refractivity contribution in [2.45, 2.75) is 26.2 Å². The molecule has 0 heterocycles. The van der Waals surface area contributed by atoms with Crippen LogP contribution in [0.3, 0.4) is 0 Å². The van der Waals surface area contributed by atoms with Crippen LogP contribution in [0.25, 0.3) is 0 Å². The highest BCUT2D eigenvalue weighted by Gasteiger charge is 1.71. The Morgan fingerprint density at radius 1 is 1.00 bits per heavy atom. The lowest BCUT2D eigenvalue weighted by Gasteiger charge is -1.81. The fraction of sp³-hybridized carbons (Fsp3) is 0.778. The zero-order valence-corrected chi connectivity index (χ0v) is 8.75. The second-order valence-corrected chi connectivity index (χ2v) is 1.43. The van der Waals surface area contributed by atoms with Gasteiger partial charge in [-0.1, -0.05) is 25.8 Å². The Bertz CT molecular complexity index is 38.8. The SMILES string of the molecule is C=CCCCC.CO.CO.CO. The maximum Gasteiger partial charge on any atom is 0.0319 e. The summed E-state index contributed by atoms with van der Waals surface area (Å²) >= 11 is 0. The van der Waals surface area contributed by atoms with Crippen molar-refractivity contribution in [2.24, 2.45) is 0 Å². The van der Waals surface area contributed by atoms with E-state index >= 15 is 0 Å². The second-order valence-electron chi connectivity index (χ2n) is 1.43. The van der Waals surface area contributed by atoms with Crippen molar-refractivity contribution >= 4 is 0 Å². The first-order chi connectivity index (χ1) is 5.91. The predicted octanol–water partition coefficient (Wildman–Crippen LogP) is 1.19. The van der Waals surface area contributed by atoms with E-state index in [-0.39, 0.29) is 0 Å².